The van der Waals surface area contributed by atoms with Crippen LogP contribution in [-0.4, -0.2) is 26.4 Å². The number of aromatic nitrogens is 3. The average Bonchev–Trinajstić information content (AvgIpc) is 3.08. The molecular formula is C22H23FN4O2S. The minimum atomic E-state index is -0.351. The van der Waals surface area contributed by atoms with Gasteiger partial charge in [-0.15, -0.1) is 16.8 Å². The van der Waals surface area contributed by atoms with Gasteiger partial charge in [-0.3, -0.25) is 9.36 Å². The molecule has 1 amide bonds. The molecule has 0 atom stereocenters. The first kappa shape index (κ1) is 21.6. The Kier molecular flexibility index (Phi) is 7.24. The normalized spacial score (nSPS) is 10.6. The highest BCUT2D eigenvalue weighted by molar-refractivity contribution is 7.99. The molecule has 0 radical (unpaired) electrons. The van der Waals surface area contributed by atoms with Crippen molar-refractivity contribution in [2.45, 2.75) is 32.2 Å². The summed E-state index contributed by atoms with van der Waals surface area (Å²) in [4.78, 5) is 12.2. The lowest BCUT2D eigenvalue weighted by Gasteiger charge is -2.10. The quantitative estimate of drug-likeness (QED) is 0.402. The zero-order valence-corrected chi connectivity index (χ0v) is 17.7. The monoisotopic (exact) mass is 426 g/mol. The van der Waals surface area contributed by atoms with E-state index in [1.807, 2.05) is 30.5 Å². The molecule has 30 heavy (non-hydrogen) atoms. The third kappa shape index (κ3) is 5.93. The van der Waals surface area contributed by atoms with E-state index in [2.05, 4.69) is 28.2 Å². The number of anilines is 1. The highest BCUT2D eigenvalue weighted by atomic mass is 32.2. The first-order valence-electron chi connectivity index (χ1n) is 9.37. The summed E-state index contributed by atoms with van der Waals surface area (Å²) in [6, 6.07) is 11.6. The largest absolute Gasteiger partial charge is 0.486 e. The zero-order chi connectivity index (χ0) is 21.5. The predicted molar refractivity (Wildman–Crippen MR) is 116 cm³/mol. The van der Waals surface area contributed by atoms with Gasteiger partial charge in [0.2, 0.25) is 5.91 Å². The Hall–Kier alpha value is -3.13. The van der Waals surface area contributed by atoms with Crippen molar-refractivity contribution in [1.82, 2.24) is 14.8 Å². The summed E-state index contributed by atoms with van der Waals surface area (Å²) in [5.41, 5.74) is 2.79. The van der Waals surface area contributed by atoms with E-state index in [1.165, 1.54) is 36.0 Å². The third-order valence-corrected chi connectivity index (χ3v) is 5.10. The van der Waals surface area contributed by atoms with Crippen molar-refractivity contribution in [2.24, 2.45) is 0 Å². The summed E-state index contributed by atoms with van der Waals surface area (Å²) in [7, 11) is 0. The zero-order valence-electron chi connectivity index (χ0n) is 16.9. The molecule has 0 aliphatic heterocycles. The SMILES string of the molecule is C=CCn1c(COc2cc(C)cc(C)c2)nnc1SCC(=O)Nc1ccc(F)cc1. The van der Waals surface area contributed by atoms with Crippen LogP contribution in [-0.2, 0) is 17.9 Å². The second kappa shape index (κ2) is 10.1. The van der Waals surface area contributed by atoms with Crippen LogP contribution in [0.3, 0.4) is 0 Å². The van der Waals surface area contributed by atoms with Crippen molar-refractivity contribution < 1.29 is 13.9 Å². The Labute approximate surface area is 179 Å². The van der Waals surface area contributed by atoms with Gasteiger partial charge in [0.15, 0.2) is 11.0 Å². The summed E-state index contributed by atoms with van der Waals surface area (Å²) < 4.78 is 20.7. The molecule has 0 saturated carbocycles. The number of hydrogen-bond acceptors (Lipinski definition) is 5. The van der Waals surface area contributed by atoms with E-state index in [0.717, 1.165) is 16.9 Å². The van der Waals surface area contributed by atoms with Crippen LogP contribution in [0.4, 0.5) is 10.1 Å². The van der Waals surface area contributed by atoms with Crippen molar-refractivity contribution in [3.63, 3.8) is 0 Å². The van der Waals surface area contributed by atoms with Crippen molar-refractivity contribution in [3.05, 3.63) is 77.9 Å². The molecule has 2 aromatic carbocycles. The Morgan fingerprint density at radius 2 is 1.90 bits per heavy atom. The van der Waals surface area contributed by atoms with Crippen LogP contribution in [0.25, 0.3) is 0 Å². The van der Waals surface area contributed by atoms with E-state index in [9.17, 15) is 9.18 Å². The smallest absolute Gasteiger partial charge is 0.234 e. The fourth-order valence-corrected chi connectivity index (χ4v) is 3.64. The fraction of sp³-hybridized carbons (Fsp3) is 0.227. The molecule has 1 heterocycles. The molecule has 0 fully saturated rings. The van der Waals surface area contributed by atoms with Crippen molar-refractivity contribution >= 4 is 23.4 Å². The molecule has 8 heteroatoms. The van der Waals surface area contributed by atoms with Crippen molar-refractivity contribution in [2.75, 3.05) is 11.1 Å². The first-order valence-corrected chi connectivity index (χ1v) is 10.4. The number of aryl methyl sites for hydroxylation is 2. The van der Waals surface area contributed by atoms with E-state index in [4.69, 9.17) is 4.74 Å². The van der Waals surface area contributed by atoms with Gasteiger partial charge in [0, 0.05) is 12.2 Å². The lowest BCUT2D eigenvalue weighted by atomic mass is 10.1. The Morgan fingerprint density at radius 3 is 2.57 bits per heavy atom. The molecule has 0 aliphatic rings. The number of halogens is 1. The topological polar surface area (TPSA) is 69.0 Å². The molecule has 1 aromatic heterocycles. The first-order chi connectivity index (χ1) is 14.4. The van der Waals surface area contributed by atoms with Gasteiger partial charge < -0.3 is 10.1 Å². The number of hydrogen-bond donors (Lipinski definition) is 1. The van der Waals surface area contributed by atoms with Gasteiger partial charge in [-0.25, -0.2) is 4.39 Å². The predicted octanol–water partition coefficient (Wildman–Crippen LogP) is 4.53. The molecule has 3 rings (SSSR count). The number of amides is 1. The van der Waals surface area contributed by atoms with Gasteiger partial charge in [0.1, 0.15) is 18.2 Å². The maximum atomic E-state index is 13.0. The van der Waals surface area contributed by atoms with E-state index in [-0.39, 0.29) is 24.1 Å². The van der Waals surface area contributed by atoms with Crippen LogP contribution >= 0.6 is 11.8 Å². The molecule has 0 saturated heterocycles. The lowest BCUT2D eigenvalue weighted by Crippen LogP contribution is -2.15. The van der Waals surface area contributed by atoms with E-state index < -0.39 is 0 Å². The van der Waals surface area contributed by atoms with E-state index >= 15 is 0 Å². The van der Waals surface area contributed by atoms with Gasteiger partial charge in [-0.1, -0.05) is 23.9 Å². The second-order valence-electron chi connectivity index (χ2n) is 6.75. The number of nitrogens with zero attached hydrogens (tertiary/aromatic N) is 3. The Balaban J connectivity index is 1.62. The summed E-state index contributed by atoms with van der Waals surface area (Å²) in [6.07, 6.45) is 1.74. The molecular weight excluding hydrogens is 403 g/mol. The number of thioether (sulfide) groups is 1. The summed E-state index contributed by atoms with van der Waals surface area (Å²) in [6.45, 7) is 8.58. The molecule has 0 spiro atoms. The Morgan fingerprint density at radius 1 is 1.20 bits per heavy atom. The molecule has 0 unspecified atom stereocenters. The van der Waals surface area contributed by atoms with Gasteiger partial charge >= 0.3 is 0 Å². The minimum absolute atomic E-state index is 0.143. The summed E-state index contributed by atoms with van der Waals surface area (Å²) >= 11 is 1.26. The molecule has 3 aromatic rings. The third-order valence-electron chi connectivity index (χ3n) is 4.13. The molecule has 156 valence electrons. The van der Waals surface area contributed by atoms with Crippen LogP contribution in [0.5, 0.6) is 5.75 Å². The van der Waals surface area contributed by atoms with Crippen molar-refractivity contribution in [1.29, 1.82) is 0 Å². The number of carbonyl (C=O) groups excluding carboxylic acids is 1. The van der Waals surface area contributed by atoms with Gasteiger partial charge in [-0.05, 0) is 61.4 Å². The van der Waals surface area contributed by atoms with Gasteiger partial charge in [-0.2, -0.15) is 0 Å². The van der Waals surface area contributed by atoms with E-state index in [1.54, 1.807) is 6.08 Å². The maximum absolute atomic E-state index is 13.0. The standard InChI is InChI=1S/C22H23FN4O2S/c1-4-9-27-20(13-29-19-11-15(2)10-16(3)12-19)25-26-22(27)30-14-21(28)24-18-7-5-17(23)6-8-18/h4-8,10-12H,1,9,13-14H2,2-3H3,(H,24,28). The van der Waals surface area contributed by atoms with Crippen LogP contribution in [0.2, 0.25) is 0 Å². The Bertz CT molecular complexity index is 1010. The fourth-order valence-electron chi connectivity index (χ4n) is 2.87. The van der Waals surface area contributed by atoms with Gasteiger partial charge in [0.05, 0.1) is 5.75 Å². The molecule has 0 aliphatic carbocycles. The molecule has 1 N–H and O–H groups in total. The van der Waals surface area contributed by atoms with Crippen LogP contribution in [0.1, 0.15) is 17.0 Å². The maximum Gasteiger partial charge on any atom is 0.234 e. The van der Waals surface area contributed by atoms with Crippen LogP contribution in [0.15, 0.2) is 60.3 Å². The van der Waals surface area contributed by atoms with Crippen LogP contribution < -0.4 is 10.1 Å². The highest BCUT2D eigenvalue weighted by Gasteiger charge is 2.14. The number of allylic oxidation sites excluding steroid dienone is 1. The minimum Gasteiger partial charge on any atom is -0.486 e. The lowest BCUT2D eigenvalue weighted by molar-refractivity contribution is -0.113. The molecule has 6 nitrogen and oxygen atoms in total. The van der Waals surface area contributed by atoms with Crippen LogP contribution in [0, 0.1) is 19.7 Å². The highest BCUT2D eigenvalue weighted by Crippen LogP contribution is 2.21. The molecule has 0 bridgehead atoms. The average molecular weight is 427 g/mol. The second-order valence-corrected chi connectivity index (χ2v) is 7.70. The number of ether oxygens (including phenoxy) is 1. The van der Waals surface area contributed by atoms with Gasteiger partial charge in [0.25, 0.3) is 0 Å². The number of benzene rings is 2. The number of rotatable bonds is 9. The van der Waals surface area contributed by atoms with Crippen molar-refractivity contribution in [3.8, 4) is 5.75 Å². The number of carbonyl (C=O) groups is 1. The number of nitrogens with one attached hydrogen (secondary N) is 1. The van der Waals surface area contributed by atoms with E-state index in [0.29, 0.717) is 23.2 Å². The summed E-state index contributed by atoms with van der Waals surface area (Å²) in [5.74, 6) is 0.997. The summed E-state index contributed by atoms with van der Waals surface area (Å²) in [5, 5.41) is 11.7.